The van der Waals surface area contributed by atoms with Crippen molar-refractivity contribution >= 4 is 21.4 Å². The van der Waals surface area contributed by atoms with Gasteiger partial charge in [-0.25, -0.2) is 4.39 Å². The fraction of sp³-hybridized carbons (Fsp3) is 0.385. The minimum Gasteiger partial charge on any atom is -0.393 e. The molecule has 2 aromatic rings. The molecule has 0 bridgehead atoms. The average molecular weight is 253 g/mol. The molecule has 1 aromatic heterocycles. The van der Waals surface area contributed by atoms with Crippen molar-refractivity contribution in [1.29, 1.82) is 0 Å². The van der Waals surface area contributed by atoms with Crippen LogP contribution in [0.1, 0.15) is 12.5 Å². The predicted octanol–water partition coefficient (Wildman–Crippen LogP) is 2.67. The molecular weight excluding hydrogens is 237 g/mol. The fourth-order valence-electron chi connectivity index (χ4n) is 1.92. The second kappa shape index (κ2) is 4.72. The Labute approximate surface area is 104 Å². The van der Waals surface area contributed by atoms with E-state index in [1.165, 1.54) is 0 Å². The summed E-state index contributed by atoms with van der Waals surface area (Å²) in [5, 5.41) is 15.3. The number of fused-ring (bicyclic) bond motifs is 1. The first-order chi connectivity index (χ1) is 8.11. The maximum atomic E-state index is 14.8. The van der Waals surface area contributed by atoms with Gasteiger partial charge >= 0.3 is 0 Å². The van der Waals surface area contributed by atoms with Crippen LogP contribution in [0.5, 0.6) is 0 Å². The molecule has 0 saturated heterocycles. The fourth-order valence-corrected chi connectivity index (χ4v) is 2.75. The van der Waals surface area contributed by atoms with Gasteiger partial charge in [0.05, 0.1) is 6.61 Å². The second-order valence-electron chi connectivity index (χ2n) is 4.20. The van der Waals surface area contributed by atoms with E-state index >= 15 is 0 Å². The summed E-state index contributed by atoms with van der Waals surface area (Å²) in [4.78, 5) is 0. The van der Waals surface area contributed by atoms with Crippen LogP contribution in [0.4, 0.5) is 4.39 Å². The maximum Gasteiger partial charge on any atom is 0.173 e. The number of nitrogens with one attached hydrogen (secondary N) is 1. The molecule has 2 nitrogen and oxygen atoms in total. The normalized spacial score (nSPS) is 16.9. The van der Waals surface area contributed by atoms with Crippen LogP contribution in [0, 0.1) is 0 Å². The topological polar surface area (TPSA) is 32.3 Å². The summed E-state index contributed by atoms with van der Waals surface area (Å²) in [6.45, 7) is 1.21. The first-order valence-corrected chi connectivity index (χ1v) is 6.44. The average Bonchev–Trinajstić information content (AvgIpc) is 2.83. The zero-order chi connectivity index (χ0) is 12.5. The van der Waals surface area contributed by atoms with Gasteiger partial charge in [-0.3, -0.25) is 0 Å². The zero-order valence-corrected chi connectivity index (χ0v) is 10.7. The maximum absolute atomic E-state index is 14.8. The van der Waals surface area contributed by atoms with Crippen LogP contribution in [0.25, 0.3) is 10.1 Å². The van der Waals surface area contributed by atoms with Gasteiger partial charge in [0, 0.05) is 10.7 Å². The van der Waals surface area contributed by atoms with Gasteiger partial charge in [-0.15, -0.1) is 11.3 Å². The van der Waals surface area contributed by atoms with Crippen molar-refractivity contribution in [2.24, 2.45) is 0 Å². The van der Waals surface area contributed by atoms with Gasteiger partial charge in [-0.05, 0) is 42.4 Å². The molecule has 92 valence electrons. The lowest BCUT2D eigenvalue weighted by Gasteiger charge is -2.30. The molecule has 0 aliphatic rings. The standard InChI is InChI=1S/C13H16FNOS/c1-9(15-2)13(14,8-16)11-4-3-10-5-6-17-12(10)7-11/h3-7,9,15-16H,8H2,1-2H3. The van der Waals surface area contributed by atoms with Gasteiger partial charge in [-0.2, -0.15) is 0 Å². The van der Waals surface area contributed by atoms with Crippen molar-refractivity contribution in [3.63, 3.8) is 0 Å². The second-order valence-corrected chi connectivity index (χ2v) is 5.15. The first-order valence-electron chi connectivity index (χ1n) is 5.56. The molecule has 2 atom stereocenters. The lowest BCUT2D eigenvalue weighted by molar-refractivity contribution is 0.0390. The van der Waals surface area contributed by atoms with E-state index in [-0.39, 0.29) is 0 Å². The molecule has 1 heterocycles. The minimum atomic E-state index is -1.74. The van der Waals surface area contributed by atoms with E-state index < -0.39 is 18.3 Å². The van der Waals surface area contributed by atoms with E-state index in [2.05, 4.69) is 5.32 Å². The van der Waals surface area contributed by atoms with Crippen molar-refractivity contribution < 1.29 is 9.50 Å². The smallest absolute Gasteiger partial charge is 0.173 e. The molecule has 17 heavy (non-hydrogen) atoms. The van der Waals surface area contributed by atoms with Gasteiger partial charge < -0.3 is 10.4 Å². The van der Waals surface area contributed by atoms with Crippen LogP contribution in [0.2, 0.25) is 0 Å². The molecule has 0 spiro atoms. The quantitative estimate of drug-likeness (QED) is 0.878. The highest BCUT2D eigenvalue weighted by Crippen LogP contribution is 2.33. The molecule has 2 N–H and O–H groups in total. The first kappa shape index (κ1) is 12.5. The SMILES string of the molecule is CNC(C)C(F)(CO)c1ccc2ccsc2c1. The Kier molecular flexibility index (Phi) is 3.47. The van der Waals surface area contributed by atoms with Crippen LogP contribution < -0.4 is 5.32 Å². The number of halogens is 1. The summed E-state index contributed by atoms with van der Waals surface area (Å²) in [5.74, 6) is 0. The van der Waals surface area contributed by atoms with Crippen LogP contribution in [-0.4, -0.2) is 24.8 Å². The van der Waals surface area contributed by atoms with Gasteiger partial charge in [0.1, 0.15) is 0 Å². The van der Waals surface area contributed by atoms with E-state index in [9.17, 15) is 9.50 Å². The molecule has 2 rings (SSSR count). The summed E-state index contributed by atoms with van der Waals surface area (Å²) in [6.07, 6.45) is 0. The minimum absolute atomic E-state index is 0.440. The van der Waals surface area contributed by atoms with Crippen LogP contribution in [0.3, 0.4) is 0 Å². The molecule has 0 aliphatic carbocycles. The van der Waals surface area contributed by atoms with Crippen LogP contribution in [0.15, 0.2) is 29.6 Å². The third-order valence-corrected chi connectivity index (χ3v) is 4.17. The monoisotopic (exact) mass is 253 g/mol. The Hall–Kier alpha value is -0.970. The number of aliphatic hydroxyl groups is 1. The van der Waals surface area contributed by atoms with Gasteiger partial charge in [-0.1, -0.05) is 12.1 Å². The summed E-state index contributed by atoms with van der Waals surface area (Å²) in [6, 6.07) is 7.03. The predicted molar refractivity (Wildman–Crippen MR) is 70.2 cm³/mol. The third-order valence-electron chi connectivity index (χ3n) is 3.29. The molecule has 0 saturated carbocycles. The van der Waals surface area contributed by atoms with E-state index in [1.54, 1.807) is 31.4 Å². The molecule has 0 fully saturated rings. The Morgan fingerprint density at radius 1 is 1.47 bits per heavy atom. The van der Waals surface area contributed by atoms with Crippen molar-refractivity contribution in [2.45, 2.75) is 18.6 Å². The Balaban J connectivity index is 2.48. The van der Waals surface area contributed by atoms with Crippen molar-refractivity contribution in [2.75, 3.05) is 13.7 Å². The van der Waals surface area contributed by atoms with Crippen LogP contribution >= 0.6 is 11.3 Å². The molecule has 0 radical (unpaired) electrons. The van der Waals surface area contributed by atoms with E-state index in [0.29, 0.717) is 5.56 Å². The summed E-state index contributed by atoms with van der Waals surface area (Å²) in [5.41, 5.74) is -1.22. The molecule has 0 aliphatic heterocycles. The molecule has 4 heteroatoms. The van der Waals surface area contributed by atoms with E-state index in [4.69, 9.17) is 0 Å². The zero-order valence-electron chi connectivity index (χ0n) is 9.90. The molecule has 1 aromatic carbocycles. The Bertz CT molecular complexity index is 513. The lowest BCUT2D eigenvalue weighted by atomic mass is 9.89. The van der Waals surface area contributed by atoms with Crippen LogP contribution in [-0.2, 0) is 5.67 Å². The highest BCUT2D eigenvalue weighted by molar-refractivity contribution is 7.17. The van der Waals surface area contributed by atoms with Crippen molar-refractivity contribution in [1.82, 2.24) is 5.32 Å². The van der Waals surface area contributed by atoms with Gasteiger partial charge in [0.15, 0.2) is 5.67 Å². The summed E-state index contributed by atoms with van der Waals surface area (Å²) < 4.78 is 15.8. The highest BCUT2D eigenvalue weighted by atomic mass is 32.1. The number of thiophene rings is 1. The number of alkyl halides is 1. The van der Waals surface area contributed by atoms with Gasteiger partial charge in [0.25, 0.3) is 0 Å². The van der Waals surface area contributed by atoms with E-state index in [1.807, 2.05) is 23.6 Å². The van der Waals surface area contributed by atoms with Crippen molar-refractivity contribution in [3.8, 4) is 0 Å². The summed E-state index contributed by atoms with van der Waals surface area (Å²) >= 11 is 1.58. The number of aliphatic hydroxyl groups excluding tert-OH is 1. The number of hydrogen-bond acceptors (Lipinski definition) is 3. The number of rotatable bonds is 4. The molecule has 0 amide bonds. The lowest BCUT2D eigenvalue weighted by Crippen LogP contribution is -2.44. The molecule has 2 unspecified atom stereocenters. The number of benzene rings is 1. The Morgan fingerprint density at radius 2 is 2.24 bits per heavy atom. The molecular formula is C13H16FNOS. The van der Waals surface area contributed by atoms with Gasteiger partial charge in [0.2, 0.25) is 0 Å². The largest absolute Gasteiger partial charge is 0.393 e. The van der Waals surface area contributed by atoms with Crippen molar-refractivity contribution in [3.05, 3.63) is 35.2 Å². The third kappa shape index (κ3) is 2.08. The Morgan fingerprint density at radius 3 is 2.88 bits per heavy atom. The van der Waals surface area contributed by atoms with E-state index in [0.717, 1.165) is 10.1 Å². The summed E-state index contributed by atoms with van der Waals surface area (Å²) in [7, 11) is 1.69. The number of likely N-dealkylation sites (N-methyl/N-ethyl adjacent to an activating group) is 1. The number of hydrogen-bond donors (Lipinski definition) is 2. The highest BCUT2D eigenvalue weighted by Gasteiger charge is 2.37.